The normalized spacial score (nSPS) is 15.1. The first-order valence-corrected chi connectivity index (χ1v) is 6.82. The predicted molar refractivity (Wildman–Crippen MR) is 63.3 cm³/mol. The van der Waals surface area contributed by atoms with Crippen LogP contribution in [-0.4, -0.2) is 19.9 Å². The van der Waals surface area contributed by atoms with Crippen molar-refractivity contribution in [3.05, 3.63) is 41.8 Å². The molecule has 0 bridgehead atoms. The van der Waals surface area contributed by atoms with Crippen LogP contribution in [0.2, 0.25) is 0 Å². The third-order valence-corrected chi connectivity index (χ3v) is 4.28. The van der Waals surface area contributed by atoms with E-state index in [1.54, 1.807) is 11.4 Å². The van der Waals surface area contributed by atoms with Crippen LogP contribution < -0.4 is 0 Å². The fourth-order valence-electron chi connectivity index (χ4n) is 1.04. The number of allylic oxidation sites excluding steroid dienone is 4. The van der Waals surface area contributed by atoms with E-state index >= 15 is 0 Å². The van der Waals surface area contributed by atoms with Crippen LogP contribution in [0.4, 0.5) is 0 Å². The van der Waals surface area contributed by atoms with E-state index in [0.717, 1.165) is 11.3 Å². The third-order valence-electron chi connectivity index (χ3n) is 1.82. The van der Waals surface area contributed by atoms with Crippen molar-refractivity contribution in [1.29, 1.82) is 0 Å². The number of carbonyl (C=O) groups excluding carboxylic acids is 1. The van der Waals surface area contributed by atoms with Crippen molar-refractivity contribution >= 4 is 32.9 Å². The summed E-state index contributed by atoms with van der Waals surface area (Å²) < 4.78 is 27.7. The Labute approximate surface area is 102 Å². The van der Waals surface area contributed by atoms with E-state index in [-0.39, 0.29) is 15.7 Å². The zero-order valence-corrected chi connectivity index (χ0v) is 10.1. The SMILES string of the molecule is O=C1C=CC(=NOS(=O)(=O)c2cccs2)C=C1. The fourth-order valence-corrected chi connectivity index (χ4v) is 2.72. The van der Waals surface area contributed by atoms with Gasteiger partial charge in [0.2, 0.25) is 0 Å². The zero-order chi connectivity index (χ0) is 12.3. The summed E-state index contributed by atoms with van der Waals surface area (Å²) in [5.74, 6) is -0.176. The van der Waals surface area contributed by atoms with Crippen LogP contribution in [0, 0.1) is 0 Å². The minimum absolute atomic E-state index is 0.0849. The van der Waals surface area contributed by atoms with Gasteiger partial charge in [0.25, 0.3) is 0 Å². The number of hydrogen-bond acceptors (Lipinski definition) is 6. The van der Waals surface area contributed by atoms with Crippen molar-refractivity contribution in [3.8, 4) is 0 Å². The van der Waals surface area contributed by atoms with Crippen molar-refractivity contribution < 1.29 is 17.5 Å². The van der Waals surface area contributed by atoms with Crippen LogP contribution in [-0.2, 0) is 19.2 Å². The monoisotopic (exact) mass is 269 g/mol. The first kappa shape index (κ1) is 11.7. The van der Waals surface area contributed by atoms with Gasteiger partial charge < -0.3 is 0 Å². The second-order valence-corrected chi connectivity index (χ2v) is 5.75. The topological polar surface area (TPSA) is 72.8 Å². The van der Waals surface area contributed by atoms with Gasteiger partial charge in [0, 0.05) is 0 Å². The largest absolute Gasteiger partial charge is 0.368 e. The van der Waals surface area contributed by atoms with Crippen LogP contribution in [0.3, 0.4) is 0 Å². The zero-order valence-electron chi connectivity index (χ0n) is 8.44. The van der Waals surface area contributed by atoms with E-state index < -0.39 is 10.1 Å². The van der Waals surface area contributed by atoms with Gasteiger partial charge in [0.15, 0.2) is 9.99 Å². The second kappa shape index (κ2) is 4.64. The lowest BCUT2D eigenvalue weighted by Crippen LogP contribution is -2.04. The lowest BCUT2D eigenvalue weighted by molar-refractivity contribution is -0.110. The van der Waals surface area contributed by atoms with Gasteiger partial charge in [-0.25, -0.2) is 0 Å². The Morgan fingerprint density at radius 2 is 1.88 bits per heavy atom. The average molecular weight is 269 g/mol. The van der Waals surface area contributed by atoms with Gasteiger partial charge in [-0.15, -0.1) is 11.3 Å². The highest BCUT2D eigenvalue weighted by Crippen LogP contribution is 2.18. The Morgan fingerprint density at radius 3 is 2.47 bits per heavy atom. The van der Waals surface area contributed by atoms with E-state index in [1.807, 2.05) is 0 Å². The van der Waals surface area contributed by atoms with Gasteiger partial charge in [-0.2, -0.15) is 8.42 Å². The molecule has 17 heavy (non-hydrogen) atoms. The van der Waals surface area contributed by atoms with Crippen LogP contribution >= 0.6 is 11.3 Å². The van der Waals surface area contributed by atoms with E-state index in [2.05, 4.69) is 9.44 Å². The summed E-state index contributed by atoms with van der Waals surface area (Å²) in [7, 11) is -3.85. The molecule has 1 heterocycles. The number of carbonyl (C=O) groups is 1. The molecule has 0 saturated heterocycles. The number of thiophene rings is 1. The summed E-state index contributed by atoms with van der Waals surface area (Å²) in [6.07, 6.45) is 5.32. The summed E-state index contributed by atoms with van der Waals surface area (Å²) in [6.45, 7) is 0. The Bertz CT molecular complexity index is 591. The summed E-state index contributed by atoms with van der Waals surface area (Å²) >= 11 is 1.04. The Morgan fingerprint density at radius 1 is 1.18 bits per heavy atom. The van der Waals surface area contributed by atoms with Crippen molar-refractivity contribution in [3.63, 3.8) is 0 Å². The molecule has 0 aromatic carbocycles. The number of ketones is 1. The van der Waals surface area contributed by atoms with Crippen molar-refractivity contribution in [1.82, 2.24) is 0 Å². The molecule has 1 aromatic rings. The highest BCUT2D eigenvalue weighted by Gasteiger charge is 2.16. The van der Waals surface area contributed by atoms with Gasteiger partial charge in [0.1, 0.15) is 5.71 Å². The van der Waals surface area contributed by atoms with E-state index in [1.165, 1.54) is 30.4 Å². The molecule has 2 rings (SSSR count). The first-order chi connectivity index (χ1) is 8.08. The smallest absolute Gasteiger partial charge is 0.290 e. The maximum atomic E-state index is 11.6. The summed E-state index contributed by atoms with van der Waals surface area (Å²) in [4.78, 5) is 10.8. The number of nitrogens with zero attached hydrogens (tertiary/aromatic N) is 1. The number of oxime groups is 1. The molecule has 5 nitrogen and oxygen atoms in total. The van der Waals surface area contributed by atoms with E-state index in [9.17, 15) is 13.2 Å². The first-order valence-electron chi connectivity index (χ1n) is 4.53. The molecule has 0 amide bonds. The molecule has 1 aliphatic rings. The van der Waals surface area contributed by atoms with Gasteiger partial charge in [-0.3, -0.25) is 9.08 Å². The highest BCUT2D eigenvalue weighted by molar-refractivity contribution is 7.88. The molecule has 0 N–H and O–H groups in total. The summed E-state index contributed by atoms with van der Waals surface area (Å²) in [6, 6.07) is 3.03. The number of rotatable bonds is 3. The lowest BCUT2D eigenvalue weighted by Gasteiger charge is -2.00. The average Bonchev–Trinajstić information content (AvgIpc) is 2.82. The number of hydrogen-bond donors (Lipinski definition) is 0. The maximum Gasteiger partial charge on any atom is 0.368 e. The Balaban J connectivity index is 2.14. The lowest BCUT2D eigenvalue weighted by atomic mass is 10.2. The molecular weight excluding hydrogens is 262 g/mol. The summed E-state index contributed by atoms with van der Waals surface area (Å²) in [5, 5.41) is 5.08. The van der Waals surface area contributed by atoms with Crippen LogP contribution in [0.15, 0.2) is 51.2 Å². The third kappa shape index (κ3) is 2.89. The molecule has 1 aromatic heterocycles. The van der Waals surface area contributed by atoms with E-state index in [0.29, 0.717) is 0 Å². The minimum atomic E-state index is -3.85. The van der Waals surface area contributed by atoms with Crippen molar-refractivity contribution in [2.45, 2.75) is 4.21 Å². The fraction of sp³-hybridized carbons (Fsp3) is 0. The quantitative estimate of drug-likeness (QED) is 0.616. The molecule has 1 aliphatic carbocycles. The molecule has 0 radical (unpaired) electrons. The minimum Gasteiger partial charge on any atom is -0.290 e. The van der Waals surface area contributed by atoms with Crippen molar-refractivity contribution in [2.24, 2.45) is 5.16 Å². The Hall–Kier alpha value is -1.73. The molecule has 0 spiro atoms. The van der Waals surface area contributed by atoms with Crippen LogP contribution in [0.25, 0.3) is 0 Å². The van der Waals surface area contributed by atoms with E-state index in [4.69, 9.17) is 0 Å². The van der Waals surface area contributed by atoms with Gasteiger partial charge >= 0.3 is 10.1 Å². The van der Waals surface area contributed by atoms with Crippen LogP contribution in [0.5, 0.6) is 0 Å². The highest BCUT2D eigenvalue weighted by atomic mass is 32.3. The van der Waals surface area contributed by atoms with Crippen molar-refractivity contribution in [2.75, 3.05) is 0 Å². The van der Waals surface area contributed by atoms with Gasteiger partial charge in [0.05, 0.1) is 0 Å². The second-order valence-electron chi connectivity index (χ2n) is 3.05. The standard InChI is InChI=1S/C10H7NO4S2/c12-9-5-3-8(4-6-9)11-15-17(13,14)10-2-1-7-16-10/h1-7H. The molecular formula is C10H7NO4S2. The van der Waals surface area contributed by atoms with Gasteiger partial charge in [-0.1, -0.05) is 11.2 Å². The molecule has 0 atom stereocenters. The molecule has 88 valence electrons. The maximum absolute atomic E-state index is 11.6. The molecule has 0 fully saturated rings. The summed E-state index contributed by atoms with van der Waals surface area (Å²) in [5.41, 5.74) is 0.268. The van der Waals surface area contributed by atoms with Gasteiger partial charge in [-0.05, 0) is 35.8 Å². The predicted octanol–water partition coefficient (Wildman–Crippen LogP) is 1.50. The molecule has 0 aliphatic heterocycles. The van der Waals surface area contributed by atoms with Crippen LogP contribution in [0.1, 0.15) is 0 Å². The Kier molecular flexibility index (Phi) is 3.21. The molecule has 0 saturated carbocycles. The molecule has 7 heteroatoms. The molecule has 0 unspecified atom stereocenters.